The summed E-state index contributed by atoms with van der Waals surface area (Å²) in [6.07, 6.45) is 2.99. The smallest absolute Gasteiger partial charge is 0.221 e. The standard InChI is InChI=1S/C4H8O.C3H5ClO/c1-2-4-5-3-1;1-2-3(4)5/h1-4H2;2H2,1H3. The van der Waals surface area contributed by atoms with Crippen molar-refractivity contribution in [2.24, 2.45) is 0 Å². The van der Waals surface area contributed by atoms with Crippen LogP contribution in [0.3, 0.4) is 0 Å². The summed E-state index contributed by atoms with van der Waals surface area (Å²) in [6.45, 7) is 3.72. The predicted octanol–water partition coefficient (Wildman–Crippen LogP) is 1.96. The first-order valence-electron chi connectivity index (χ1n) is 3.53. The third kappa shape index (κ3) is 7.92. The van der Waals surface area contributed by atoms with Crippen LogP contribution in [0, 0.1) is 0 Å². The monoisotopic (exact) mass is 164 g/mol. The zero-order chi connectivity index (χ0) is 7.82. The minimum atomic E-state index is -0.273. The van der Waals surface area contributed by atoms with Gasteiger partial charge in [0.25, 0.3) is 0 Å². The largest absolute Gasteiger partial charge is 0.381 e. The van der Waals surface area contributed by atoms with E-state index in [4.69, 9.17) is 16.3 Å². The van der Waals surface area contributed by atoms with E-state index in [0.717, 1.165) is 13.2 Å². The van der Waals surface area contributed by atoms with E-state index in [2.05, 4.69) is 0 Å². The topological polar surface area (TPSA) is 26.3 Å². The number of halogens is 1. The fourth-order valence-corrected chi connectivity index (χ4v) is 0.510. The van der Waals surface area contributed by atoms with Crippen LogP contribution in [0.25, 0.3) is 0 Å². The minimum absolute atomic E-state index is 0.273. The van der Waals surface area contributed by atoms with E-state index < -0.39 is 0 Å². The van der Waals surface area contributed by atoms with Crippen LogP contribution in [-0.4, -0.2) is 18.5 Å². The molecule has 0 aliphatic carbocycles. The van der Waals surface area contributed by atoms with Crippen LogP contribution >= 0.6 is 11.6 Å². The van der Waals surface area contributed by atoms with Gasteiger partial charge < -0.3 is 4.74 Å². The molecule has 0 aromatic heterocycles. The highest BCUT2D eigenvalue weighted by molar-refractivity contribution is 6.63. The fraction of sp³-hybridized carbons (Fsp3) is 0.857. The van der Waals surface area contributed by atoms with Gasteiger partial charge in [0.05, 0.1) is 0 Å². The van der Waals surface area contributed by atoms with E-state index in [9.17, 15) is 4.79 Å². The molecule has 1 saturated heterocycles. The van der Waals surface area contributed by atoms with Crippen molar-refractivity contribution in [3.63, 3.8) is 0 Å². The van der Waals surface area contributed by atoms with Gasteiger partial charge in [0.1, 0.15) is 0 Å². The maximum Gasteiger partial charge on any atom is 0.221 e. The van der Waals surface area contributed by atoms with E-state index in [0.29, 0.717) is 6.42 Å². The number of rotatable bonds is 1. The van der Waals surface area contributed by atoms with Crippen LogP contribution in [0.15, 0.2) is 0 Å². The molecule has 0 bridgehead atoms. The van der Waals surface area contributed by atoms with Crippen molar-refractivity contribution in [3.05, 3.63) is 0 Å². The Morgan fingerprint density at radius 3 is 2.00 bits per heavy atom. The minimum Gasteiger partial charge on any atom is -0.381 e. The summed E-state index contributed by atoms with van der Waals surface area (Å²) in [5.74, 6) is 0. The Morgan fingerprint density at radius 1 is 1.50 bits per heavy atom. The van der Waals surface area contributed by atoms with Crippen molar-refractivity contribution in [1.29, 1.82) is 0 Å². The van der Waals surface area contributed by atoms with Crippen LogP contribution in [0.5, 0.6) is 0 Å². The lowest BCUT2D eigenvalue weighted by atomic mass is 10.4. The first-order chi connectivity index (χ1) is 4.77. The first kappa shape index (κ1) is 9.92. The molecule has 0 amide bonds. The summed E-state index contributed by atoms with van der Waals surface area (Å²) in [7, 11) is 0. The highest BCUT2D eigenvalue weighted by atomic mass is 35.5. The van der Waals surface area contributed by atoms with Gasteiger partial charge in [-0.1, -0.05) is 6.92 Å². The average molecular weight is 165 g/mol. The second kappa shape index (κ2) is 7.03. The molecule has 0 unspecified atom stereocenters. The first-order valence-corrected chi connectivity index (χ1v) is 3.91. The lowest BCUT2D eigenvalue weighted by molar-refractivity contribution is -0.111. The van der Waals surface area contributed by atoms with E-state index in [1.165, 1.54) is 12.8 Å². The van der Waals surface area contributed by atoms with Gasteiger partial charge in [0.2, 0.25) is 5.24 Å². The van der Waals surface area contributed by atoms with E-state index in [1.807, 2.05) is 0 Å². The van der Waals surface area contributed by atoms with Crippen LogP contribution in [0.1, 0.15) is 26.2 Å². The summed E-state index contributed by atoms with van der Waals surface area (Å²) in [4.78, 5) is 9.58. The Hall–Kier alpha value is -0.0800. The molecule has 0 aromatic carbocycles. The van der Waals surface area contributed by atoms with Gasteiger partial charge in [0, 0.05) is 19.6 Å². The van der Waals surface area contributed by atoms with Gasteiger partial charge >= 0.3 is 0 Å². The number of carbonyl (C=O) groups excluding carboxylic acids is 1. The Balaban J connectivity index is 0.000000162. The zero-order valence-corrected chi connectivity index (χ0v) is 6.99. The maximum absolute atomic E-state index is 9.58. The number of ether oxygens (including phenoxy) is 1. The quantitative estimate of drug-likeness (QED) is 0.554. The van der Waals surface area contributed by atoms with Crippen molar-refractivity contribution in [2.75, 3.05) is 13.2 Å². The van der Waals surface area contributed by atoms with Gasteiger partial charge in [-0.3, -0.25) is 4.79 Å². The number of hydrogen-bond acceptors (Lipinski definition) is 2. The van der Waals surface area contributed by atoms with Crippen LogP contribution in [0.2, 0.25) is 0 Å². The molecule has 1 aliphatic rings. The van der Waals surface area contributed by atoms with E-state index in [1.54, 1.807) is 6.92 Å². The second-order valence-electron chi connectivity index (χ2n) is 2.03. The number of hydrogen-bond donors (Lipinski definition) is 0. The Kier molecular flexibility index (Phi) is 6.98. The number of carbonyl (C=O) groups is 1. The lowest BCUT2D eigenvalue weighted by Crippen LogP contribution is -1.74. The molecule has 1 rings (SSSR count). The second-order valence-corrected chi connectivity index (χ2v) is 2.45. The molecule has 0 atom stereocenters. The predicted molar refractivity (Wildman–Crippen MR) is 41.2 cm³/mol. The summed E-state index contributed by atoms with van der Waals surface area (Å²) < 4.78 is 4.94. The van der Waals surface area contributed by atoms with Crippen molar-refractivity contribution in [2.45, 2.75) is 26.2 Å². The van der Waals surface area contributed by atoms with Gasteiger partial charge in [-0.05, 0) is 24.4 Å². The molecular weight excluding hydrogens is 152 g/mol. The molecule has 3 heteroatoms. The molecule has 0 spiro atoms. The Morgan fingerprint density at radius 2 is 1.90 bits per heavy atom. The highest BCUT2D eigenvalue weighted by Crippen LogP contribution is 1.98. The Bertz CT molecular complexity index is 82.0. The normalized spacial score (nSPS) is 15.8. The van der Waals surface area contributed by atoms with Gasteiger partial charge in [-0.2, -0.15) is 0 Å². The van der Waals surface area contributed by atoms with Crippen molar-refractivity contribution in [3.8, 4) is 0 Å². The zero-order valence-electron chi connectivity index (χ0n) is 6.23. The van der Waals surface area contributed by atoms with Crippen LogP contribution in [0.4, 0.5) is 0 Å². The molecule has 1 aliphatic heterocycles. The Labute approximate surface area is 66.5 Å². The molecule has 10 heavy (non-hydrogen) atoms. The maximum atomic E-state index is 9.58. The van der Waals surface area contributed by atoms with Crippen molar-refractivity contribution < 1.29 is 9.53 Å². The molecule has 1 fully saturated rings. The van der Waals surface area contributed by atoms with Crippen molar-refractivity contribution >= 4 is 16.8 Å². The molecule has 0 saturated carbocycles. The van der Waals surface area contributed by atoms with Gasteiger partial charge in [-0.25, -0.2) is 0 Å². The molecule has 0 aromatic rings. The summed E-state index contributed by atoms with van der Waals surface area (Å²) >= 11 is 4.82. The molecule has 2 nitrogen and oxygen atoms in total. The van der Waals surface area contributed by atoms with Gasteiger partial charge in [0.15, 0.2) is 0 Å². The molecule has 1 heterocycles. The third-order valence-electron chi connectivity index (χ3n) is 1.11. The highest BCUT2D eigenvalue weighted by Gasteiger charge is 1.94. The summed E-state index contributed by atoms with van der Waals surface area (Å²) in [5, 5.41) is -0.273. The van der Waals surface area contributed by atoms with E-state index in [-0.39, 0.29) is 5.24 Å². The van der Waals surface area contributed by atoms with E-state index >= 15 is 0 Å². The average Bonchev–Trinajstić information content (AvgIpc) is 2.43. The van der Waals surface area contributed by atoms with Crippen molar-refractivity contribution in [1.82, 2.24) is 0 Å². The summed E-state index contributed by atoms with van der Waals surface area (Å²) in [6, 6.07) is 0. The van der Waals surface area contributed by atoms with Crippen LogP contribution in [-0.2, 0) is 9.53 Å². The molecule has 0 radical (unpaired) electrons. The van der Waals surface area contributed by atoms with Gasteiger partial charge in [-0.15, -0.1) is 0 Å². The van der Waals surface area contributed by atoms with Crippen LogP contribution < -0.4 is 0 Å². The molecule has 0 N–H and O–H groups in total. The molecular formula is C7H13ClO2. The summed E-state index contributed by atoms with van der Waals surface area (Å²) in [5.41, 5.74) is 0. The third-order valence-corrected chi connectivity index (χ3v) is 1.37. The molecule has 60 valence electrons. The lowest BCUT2D eigenvalue weighted by Gasteiger charge is -1.76. The fourth-order valence-electron chi connectivity index (χ4n) is 0.510. The SMILES string of the molecule is C1CCOC1.CCC(=O)Cl.